The van der Waals surface area contributed by atoms with Gasteiger partial charge in [0.05, 0.1) is 13.0 Å². The lowest BCUT2D eigenvalue weighted by Crippen LogP contribution is -2.28. The first-order valence-electron chi connectivity index (χ1n) is 8.39. The fourth-order valence-corrected chi connectivity index (χ4v) is 2.58. The molecule has 2 aromatic carbocycles. The van der Waals surface area contributed by atoms with E-state index < -0.39 is 6.61 Å². The second-order valence-corrected chi connectivity index (χ2v) is 5.95. The highest BCUT2D eigenvalue weighted by Gasteiger charge is 2.15. The van der Waals surface area contributed by atoms with E-state index in [1.165, 1.54) is 6.07 Å². The molecule has 0 radical (unpaired) electrons. The van der Waals surface area contributed by atoms with Crippen LogP contribution in [0, 0.1) is 6.92 Å². The van der Waals surface area contributed by atoms with Crippen LogP contribution in [0.25, 0.3) is 0 Å². The van der Waals surface area contributed by atoms with Gasteiger partial charge in [-0.1, -0.05) is 30.3 Å². The third-order valence-corrected chi connectivity index (χ3v) is 3.97. The van der Waals surface area contributed by atoms with Crippen molar-refractivity contribution in [3.8, 4) is 11.5 Å². The molecule has 0 heterocycles. The van der Waals surface area contributed by atoms with E-state index in [0.29, 0.717) is 19.6 Å². The van der Waals surface area contributed by atoms with Crippen LogP contribution in [-0.4, -0.2) is 31.1 Å². The summed E-state index contributed by atoms with van der Waals surface area (Å²) in [7, 11) is 1.71. The van der Waals surface area contributed by atoms with E-state index in [-0.39, 0.29) is 17.4 Å². The van der Waals surface area contributed by atoms with E-state index in [9.17, 15) is 13.6 Å². The molecule has 0 aliphatic rings. The van der Waals surface area contributed by atoms with Gasteiger partial charge >= 0.3 is 6.61 Å². The zero-order valence-corrected chi connectivity index (χ0v) is 15.2. The summed E-state index contributed by atoms with van der Waals surface area (Å²) in [6, 6.07) is 12.5. The predicted molar refractivity (Wildman–Crippen MR) is 95.6 cm³/mol. The summed E-state index contributed by atoms with van der Waals surface area (Å²) in [6.07, 6.45) is 0.314. The van der Waals surface area contributed by atoms with Crippen molar-refractivity contribution in [2.24, 2.45) is 0 Å². The molecule has 6 heteroatoms. The van der Waals surface area contributed by atoms with Gasteiger partial charge in [-0.15, -0.1) is 0 Å². The SMILES string of the molecule is CCOc1cc(CN(C)C(=O)Cc2ccccc2C)ccc1OC(F)F. The van der Waals surface area contributed by atoms with Gasteiger partial charge in [-0.3, -0.25) is 4.79 Å². The Kier molecular flexibility index (Phi) is 6.95. The number of hydrogen-bond donors (Lipinski definition) is 0. The summed E-state index contributed by atoms with van der Waals surface area (Å²) < 4.78 is 34.8. The number of aryl methyl sites for hydroxylation is 1. The summed E-state index contributed by atoms with van der Waals surface area (Å²) in [4.78, 5) is 14.1. The average molecular weight is 363 g/mol. The Hall–Kier alpha value is -2.63. The maximum Gasteiger partial charge on any atom is 0.387 e. The van der Waals surface area contributed by atoms with Crippen molar-refractivity contribution < 1.29 is 23.0 Å². The molecule has 0 unspecified atom stereocenters. The van der Waals surface area contributed by atoms with E-state index in [2.05, 4.69) is 4.74 Å². The lowest BCUT2D eigenvalue weighted by atomic mass is 10.1. The number of nitrogens with zero attached hydrogens (tertiary/aromatic N) is 1. The number of hydrogen-bond acceptors (Lipinski definition) is 3. The summed E-state index contributed by atoms with van der Waals surface area (Å²) in [6.45, 7) is 1.48. The number of carbonyl (C=O) groups is 1. The van der Waals surface area contributed by atoms with Gasteiger partial charge in [-0.05, 0) is 42.7 Å². The molecule has 0 aromatic heterocycles. The molecular weight excluding hydrogens is 340 g/mol. The van der Waals surface area contributed by atoms with Crippen molar-refractivity contribution in [2.45, 2.75) is 33.4 Å². The van der Waals surface area contributed by atoms with Gasteiger partial charge in [0, 0.05) is 13.6 Å². The van der Waals surface area contributed by atoms with Crippen LogP contribution in [0.5, 0.6) is 11.5 Å². The normalized spacial score (nSPS) is 10.7. The molecule has 0 bridgehead atoms. The van der Waals surface area contributed by atoms with Crippen LogP contribution in [0.3, 0.4) is 0 Å². The Morgan fingerprint density at radius 3 is 2.54 bits per heavy atom. The minimum absolute atomic E-state index is 0.0144. The second-order valence-electron chi connectivity index (χ2n) is 5.95. The molecule has 0 spiro atoms. The third-order valence-electron chi connectivity index (χ3n) is 3.97. The Balaban J connectivity index is 2.07. The molecule has 2 rings (SSSR count). The van der Waals surface area contributed by atoms with Gasteiger partial charge in [0.2, 0.25) is 5.91 Å². The van der Waals surface area contributed by atoms with Crippen molar-refractivity contribution >= 4 is 5.91 Å². The van der Waals surface area contributed by atoms with Crippen LogP contribution in [0.4, 0.5) is 8.78 Å². The van der Waals surface area contributed by atoms with Crippen molar-refractivity contribution in [3.63, 3.8) is 0 Å². The Morgan fingerprint density at radius 1 is 1.15 bits per heavy atom. The van der Waals surface area contributed by atoms with Gasteiger partial charge in [0.1, 0.15) is 0 Å². The number of alkyl halides is 2. The van der Waals surface area contributed by atoms with E-state index in [0.717, 1.165) is 16.7 Å². The van der Waals surface area contributed by atoms with Crippen LogP contribution in [0.2, 0.25) is 0 Å². The number of carbonyl (C=O) groups excluding carboxylic acids is 1. The fraction of sp³-hybridized carbons (Fsp3) is 0.350. The van der Waals surface area contributed by atoms with Crippen molar-refractivity contribution in [1.29, 1.82) is 0 Å². The highest BCUT2D eigenvalue weighted by molar-refractivity contribution is 5.78. The molecule has 0 aliphatic heterocycles. The summed E-state index contributed by atoms with van der Waals surface area (Å²) in [5.74, 6) is 0.203. The molecule has 26 heavy (non-hydrogen) atoms. The molecule has 0 aliphatic carbocycles. The standard InChI is InChI=1S/C20H23F2NO3/c1-4-25-18-11-15(9-10-17(18)26-20(21)22)13-23(3)19(24)12-16-8-6-5-7-14(16)2/h5-11,20H,4,12-13H2,1-3H3. The minimum atomic E-state index is -2.92. The van der Waals surface area contributed by atoms with Crippen LogP contribution >= 0.6 is 0 Å². The minimum Gasteiger partial charge on any atom is -0.490 e. The van der Waals surface area contributed by atoms with E-state index >= 15 is 0 Å². The fourth-order valence-electron chi connectivity index (χ4n) is 2.58. The maximum absolute atomic E-state index is 12.5. The molecular formula is C20H23F2NO3. The highest BCUT2D eigenvalue weighted by Crippen LogP contribution is 2.30. The quantitative estimate of drug-likeness (QED) is 0.706. The Bertz CT molecular complexity index is 750. The number of halogens is 2. The largest absolute Gasteiger partial charge is 0.490 e. The number of rotatable bonds is 8. The van der Waals surface area contributed by atoms with Gasteiger partial charge in [0.15, 0.2) is 11.5 Å². The van der Waals surface area contributed by atoms with Gasteiger partial charge in [-0.25, -0.2) is 0 Å². The topological polar surface area (TPSA) is 38.8 Å². The lowest BCUT2D eigenvalue weighted by molar-refractivity contribution is -0.129. The molecule has 0 saturated carbocycles. The van der Waals surface area contributed by atoms with Crippen LogP contribution in [-0.2, 0) is 17.8 Å². The molecule has 2 aromatic rings. The van der Waals surface area contributed by atoms with Crippen molar-refractivity contribution in [2.75, 3.05) is 13.7 Å². The van der Waals surface area contributed by atoms with Crippen LogP contribution in [0.1, 0.15) is 23.6 Å². The molecule has 0 atom stereocenters. The first kappa shape index (κ1) is 19.7. The molecule has 1 amide bonds. The predicted octanol–water partition coefficient (Wildman–Crippen LogP) is 4.20. The van der Waals surface area contributed by atoms with Gasteiger partial charge in [0.25, 0.3) is 0 Å². The number of likely N-dealkylation sites (N-methyl/N-ethyl adjacent to an activating group) is 1. The lowest BCUT2D eigenvalue weighted by Gasteiger charge is -2.19. The Morgan fingerprint density at radius 2 is 1.88 bits per heavy atom. The van der Waals surface area contributed by atoms with Crippen LogP contribution in [0.15, 0.2) is 42.5 Å². The average Bonchev–Trinajstić information content (AvgIpc) is 2.59. The van der Waals surface area contributed by atoms with Crippen molar-refractivity contribution in [3.05, 3.63) is 59.2 Å². The van der Waals surface area contributed by atoms with E-state index in [1.54, 1.807) is 31.0 Å². The number of benzene rings is 2. The highest BCUT2D eigenvalue weighted by atomic mass is 19.3. The molecule has 0 N–H and O–H groups in total. The van der Waals surface area contributed by atoms with E-state index in [4.69, 9.17) is 4.74 Å². The Labute approximate surface area is 152 Å². The molecule has 0 fully saturated rings. The summed E-state index contributed by atoms with van der Waals surface area (Å²) in [5, 5.41) is 0. The number of ether oxygens (including phenoxy) is 2. The van der Waals surface area contributed by atoms with Crippen molar-refractivity contribution in [1.82, 2.24) is 4.90 Å². The maximum atomic E-state index is 12.5. The number of amides is 1. The third kappa shape index (κ3) is 5.44. The zero-order chi connectivity index (χ0) is 19.1. The van der Waals surface area contributed by atoms with Gasteiger partial charge in [-0.2, -0.15) is 8.78 Å². The summed E-state index contributed by atoms with van der Waals surface area (Å²) >= 11 is 0. The van der Waals surface area contributed by atoms with Crippen LogP contribution < -0.4 is 9.47 Å². The zero-order valence-electron chi connectivity index (χ0n) is 15.2. The monoisotopic (exact) mass is 363 g/mol. The first-order valence-corrected chi connectivity index (χ1v) is 8.39. The van der Waals surface area contributed by atoms with E-state index in [1.807, 2.05) is 31.2 Å². The molecule has 140 valence electrons. The molecule has 4 nitrogen and oxygen atoms in total. The van der Waals surface area contributed by atoms with Gasteiger partial charge < -0.3 is 14.4 Å². The second kappa shape index (κ2) is 9.17. The first-order chi connectivity index (χ1) is 12.4. The smallest absolute Gasteiger partial charge is 0.387 e. The summed E-state index contributed by atoms with van der Waals surface area (Å²) in [5.41, 5.74) is 2.83. The molecule has 0 saturated heterocycles.